The molecule has 0 aromatic rings. The Balaban J connectivity index is 5.15. The lowest BCUT2D eigenvalue weighted by Gasteiger charge is -2.35. The number of Topliss-reactive ketones (excluding diaryl/α,β-unsaturated/α-hetero) is 1. The number of carboxylic acids is 1. The molecular weight excluding hydrogens is 192 g/mol. The van der Waals surface area contributed by atoms with Crippen molar-refractivity contribution < 1.29 is 14.7 Å². The van der Waals surface area contributed by atoms with Crippen LogP contribution in [0.3, 0.4) is 0 Å². The van der Waals surface area contributed by atoms with Crippen LogP contribution in [0.15, 0.2) is 0 Å². The first-order valence-corrected chi connectivity index (χ1v) is 5.68. The van der Waals surface area contributed by atoms with Crippen LogP contribution in [0.5, 0.6) is 0 Å². The minimum absolute atomic E-state index is 0.223. The Bertz CT molecular complexity index is 215. The number of carbonyl (C=O) groups excluding carboxylic acids is 1. The Morgan fingerprint density at radius 3 is 1.87 bits per heavy atom. The van der Waals surface area contributed by atoms with Crippen molar-refractivity contribution in [1.82, 2.24) is 0 Å². The first kappa shape index (κ1) is 14.1. The highest BCUT2D eigenvalue weighted by atomic mass is 16.4. The van der Waals surface area contributed by atoms with Crippen molar-refractivity contribution in [2.75, 3.05) is 0 Å². The van der Waals surface area contributed by atoms with Crippen molar-refractivity contribution in [2.45, 2.75) is 53.4 Å². The molecule has 1 N–H and O–H groups in total. The number of rotatable bonds is 7. The molecule has 0 radical (unpaired) electrons. The average molecular weight is 214 g/mol. The van der Waals surface area contributed by atoms with Gasteiger partial charge in [-0.05, 0) is 31.6 Å². The van der Waals surface area contributed by atoms with Gasteiger partial charge in [0.15, 0.2) is 0 Å². The van der Waals surface area contributed by atoms with E-state index in [0.29, 0.717) is 0 Å². The zero-order chi connectivity index (χ0) is 12.1. The van der Waals surface area contributed by atoms with Gasteiger partial charge in [-0.3, -0.25) is 9.59 Å². The Labute approximate surface area is 91.9 Å². The molecule has 0 fully saturated rings. The molecule has 0 rings (SSSR count). The van der Waals surface area contributed by atoms with E-state index in [1.54, 1.807) is 0 Å². The molecule has 0 amide bonds. The number of hydrogen-bond donors (Lipinski definition) is 1. The van der Waals surface area contributed by atoms with Gasteiger partial charge in [-0.2, -0.15) is 0 Å². The lowest BCUT2D eigenvalue weighted by Crippen LogP contribution is -2.39. The zero-order valence-electron chi connectivity index (χ0n) is 10.2. The Hall–Kier alpha value is -0.860. The second kappa shape index (κ2) is 5.89. The number of carbonyl (C=O) groups is 2. The normalized spacial score (nSPS) is 13.6. The summed E-state index contributed by atoms with van der Waals surface area (Å²) >= 11 is 0. The third-order valence-corrected chi connectivity index (χ3v) is 3.42. The van der Waals surface area contributed by atoms with Crippen molar-refractivity contribution in [3.8, 4) is 0 Å². The maximum absolute atomic E-state index is 11.4. The fourth-order valence-corrected chi connectivity index (χ4v) is 2.52. The van der Waals surface area contributed by atoms with Crippen LogP contribution in [-0.4, -0.2) is 16.9 Å². The number of hydrogen-bond acceptors (Lipinski definition) is 2. The van der Waals surface area contributed by atoms with Gasteiger partial charge in [-0.25, -0.2) is 0 Å². The third kappa shape index (κ3) is 3.05. The van der Waals surface area contributed by atoms with Crippen molar-refractivity contribution in [1.29, 1.82) is 0 Å². The van der Waals surface area contributed by atoms with Gasteiger partial charge in [0.05, 0.1) is 0 Å². The van der Waals surface area contributed by atoms with Crippen molar-refractivity contribution in [2.24, 2.45) is 11.3 Å². The lowest BCUT2D eigenvalue weighted by atomic mass is 9.67. The molecule has 3 heteroatoms. The fraction of sp³-hybridized carbons (Fsp3) is 0.833. The predicted octanol–water partition coefficient (Wildman–Crippen LogP) is 2.88. The highest BCUT2D eigenvalue weighted by Gasteiger charge is 2.42. The molecule has 1 atom stereocenters. The molecule has 15 heavy (non-hydrogen) atoms. The first-order valence-electron chi connectivity index (χ1n) is 5.68. The van der Waals surface area contributed by atoms with Crippen LogP contribution in [0.25, 0.3) is 0 Å². The van der Waals surface area contributed by atoms with Crippen LogP contribution in [0.4, 0.5) is 0 Å². The Morgan fingerprint density at radius 2 is 1.67 bits per heavy atom. The van der Waals surface area contributed by atoms with Crippen LogP contribution in [0.1, 0.15) is 53.4 Å². The molecule has 1 unspecified atom stereocenters. The molecule has 0 heterocycles. The highest BCUT2D eigenvalue weighted by molar-refractivity contribution is 5.97. The van der Waals surface area contributed by atoms with Gasteiger partial charge in [0.1, 0.15) is 11.7 Å². The maximum Gasteiger partial charge on any atom is 0.314 e. The summed E-state index contributed by atoms with van der Waals surface area (Å²) in [6, 6.07) is 0. The van der Waals surface area contributed by atoms with E-state index in [4.69, 9.17) is 5.11 Å². The molecule has 3 nitrogen and oxygen atoms in total. The first-order chi connectivity index (χ1) is 6.95. The molecule has 0 aromatic carbocycles. The molecule has 0 saturated heterocycles. The summed E-state index contributed by atoms with van der Waals surface area (Å²) in [6.45, 7) is 7.35. The fourth-order valence-electron chi connectivity index (χ4n) is 2.52. The van der Waals surface area contributed by atoms with E-state index in [1.165, 1.54) is 6.92 Å². The SMILES string of the molecule is CCCC(CC)(CC)C(C(C)=O)C(=O)O. The lowest BCUT2D eigenvalue weighted by molar-refractivity contribution is -0.152. The Morgan fingerprint density at radius 1 is 1.20 bits per heavy atom. The molecule has 0 spiro atoms. The van der Waals surface area contributed by atoms with Gasteiger partial charge in [-0.1, -0.05) is 27.2 Å². The van der Waals surface area contributed by atoms with Gasteiger partial charge in [-0.15, -0.1) is 0 Å². The van der Waals surface area contributed by atoms with Gasteiger partial charge >= 0.3 is 5.97 Å². The standard InChI is InChI=1S/C12H22O3/c1-5-8-12(6-2,7-3)10(9(4)13)11(14)15/h10H,5-8H2,1-4H3,(H,14,15). The van der Waals surface area contributed by atoms with E-state index >= 15 is 0 Å². The molecule has 0 aliphatic carbocycles. The molecule has 0 bridgehead atoms. The largest absolute Gasteiger partial charge is 0.481 e. The average Bonchev–Trinajstić information content (AvgIpc) is 2.15. The van der Waals surface area contributed by atoms with E-state index < -0.39 is 11.9 Å². The van der Waals surface area contributed by atoms with Crippen molar-refractivity contribution in [3.05, 3.63) is 0 Å². The number of carboxylic acid groups (broad SMARTS) is 1. The second-order valence-electron chi connectivity index (χ2n) is 4.20. The summed E-state index contributed by atoms with van der Waals surface area (Å²) in [5.41, 5.74) is -0.355. The van der Waals surface area contributed by atoms with Gasteiger partial charge in [0.25, 0.3) is 0 Å². The summed E-state index contributed by atoms with van der Waals surface area (Å²) in [5.74, 6) is -2.04. The molecule has 0 aliphatic heterocycles. The molecular formula is C12H22O3. The highest BCUT2D eigenvalue weighted by Crippen LogP contribution is 2.40. The Kier molecular flexibility index (Phi) is 5.55. The summed E-state index contributed by atoms with van der Waals surface area (Å²) in [4.78, 5) is 22.6. The smallest absolute Gasteiger partial charge is 0.314 e. The monoisotopic (exact) mass is 214 g/mol. The summed E-state index contributed by atoms with van der Waals surface area (Å²) in [5, 5.41) is 9.15. The summed E-state index contributed by atoms with van der Waals surface area (Å²) in [6.07, 6.45) is 3.21. The topological polar surface area (TPSA) is 54.4 Å². The van der Waals surface area contributed by atoms with Gasteiger partial charge in [0.2, 0.25) is 0 Å². The molecule has 0 saturated carbocycles. The molecule has 88 valence electrons. The van der Waals surface area contributed by atoms with E-state index in [-0.39, 0.29) is 11.2 Å². The van der Waals surface area contributed by atoms with Gasteiger partial charge in [0, 0.05) is 0 Å². The van der Waals surface area contributed by atoms with E-state index in [1.807, 2.05) is 20.8 Å². The number of aliphatic carboxylic acids is 1. The van der Waals surface area contributed by atoms with Crippen LogP contribution in [0, 0.1) is 11.3 Å². The third-order valence-electron chi connectivity index (χ3n) is 3.42. The van der Waals surface area contributed by atoms with Crippen molar-refractivity contribution in [3.63, 3.8) is 0 Å². The van der Waals surface area contributed by atoms with Crippen LogP contribution < -0.4 is 0 Å². The quantitative estimate of drug-likeness (QED) is 0.663. The predicted molar refractivity (Wildman–Crippen MR) is 59.7 cm³/mol. The van der Waals surface area contributed by atoms with Gasteiger partial charge < -0.3 is 5.11 Å². The van der Waals surface area contributed by atoms with Crippen LogP contribution in [-0.2, 0) is 9.59 Å². The minimum Gasteiger partial charge on any atom is -0.481 e. The van der Waals surface area contributed by atoms with Crippen molar-refractivity contribution >= 4 is 11.8 Å². The number of ketones is 1. The minimum atomic E-state index is -0.973. The molecule has 0 aromatic heterocycles. The van der Waals surface area contributed by atoms with E-state index in [0.717, 1.165) is 25.7 Å². The second-order valence-corrected chi connectivity index (χ2v) is 4.20. The van der Waals surface area contributed by atoms with E-state index in [9.17, 15) is 9.59 Å². The maximum atomic E-state index is 11.4. The van der Waals surface area contributed by atoms with Crippen LogP contribution in [0.2, 0.25) is 0 Å². The zero-order valence-corrected chi connectivity index (χ0v) is 10.2. The summed E-state index contributed by atoms with van der Waals surface area (Å²) in [7, 11) is 0. The van der Waals surface area contributed by atoms with Crippen LogP contribution >= 0.6 is 0 Å². The molecule has 0 aliphatic rings. The summed E-state index contributed by atoms with van der Waals surface area (Å²) < 4.78 is 0. The van der Waals surface area contributed by atoms with E-state index in [2.05, 4.69) is 0 Å².